The third-order valence-electron chi connectivity index (χ3n) is 6.69. The number of para-hydroxylation sites is 2. The summed E-state index contributed by atoms with van der Waals surface area (Å²) >= 11 is 0. The van der Waals surface area contributed by atoms with Crippen LogP contribution >= 0.6 is 0 Å². The first-order valence-electron chi connectivity index (χ1n) is 11.5. The van der Waals surface area contributed by atoms with E-state index in [9.17, 15) is 0 Å². The predicted molar refractivity (Wildman–Crippen MR) is 137 cm³/mol. The fourth-order valence-corrected chi connectivity index (χ4v) is 5.19. The normalized spacial score (nSPS) is 12.3. The molecule has 0 fully saturated rings. The van der Waals surface area contributed by atoms with Crippen molar-refractivity contribution in [2.45, 2.75) is 39.7 Å². The van der Waals surface area contributed by atoms with Crippen molar-refractivity contribution in [3.63, 3.8) is 0 Å². The number of fused-ring (bicyclic) bond motifs is 6. The molecule has 4 aromatic carbocycles. The van der Waals surface area contributed by atoms with Crippen LogP contribution in [0.4, 0.5) is 0 Å². The van der Waals surface area contributed by atoms with Gasteiger partial charge in [0.15, 0.2) is 0 Å². The van der Waals surface area contributed by atoms with Crippen LogP contribution in [0.2, 0.25) is 0 Å². The molecule has 0 saturated carbocycles. The predicted octanol–water partition coefficient (Wildman–Crippen LogP) is 9.07. The van der Waals surface area contributed by atoms with E-state index in [1.54, 1.807) is 0 Å². The van der Waals surface area contributed by atoms with Crippen molar-refractivity contribution in [1.82, 2.24) is 4.57 Å². The van der Waals surface area contributed by atoms with Gasteiger partial charge in [-0.1, -0.05) is 56.3 Å². The van der Waals surface area contributed by atoms with Gasteiger partial charge in [0.05, 0.1) is 0 Å². The third kappa shape index (κ3) is 2.72. The lowest BCUT2D eigenvalue weighted by Gasteiger charge is -2.12. The number of nitrogens with zero attached hydrogens (tertiary/aromatic N) is 1. The standard InChI is InChI=1S/C30H27NO/c1-18(2)24-16-21(17-26-23-10-6-8-12-29(23)32-30(24)26)20-13-14-28-25(15-20)22-9-5-7-11-27(22)31(28)19(3)4/h5-19H,1-4H3. The van der Waals surface area contributed by atoms with Crippen molar-refractivity contribution in [3.05, 3.63) is 84.4 Å². The van der Waals surface area contributed by atoms with Gasteiger partial charge in [-0.2, -0.15) is 0 Å². The van der Waals surface area contributed by atoms with Gasteiger partial charge in [-0.25, -0.2) is 0 Å². The van der Waals surface area contributed by atoms with Crippen LogP contribution < -0.4 is 0 Å². The molecule has 0 spiro atoms. The Kier molecular flexibility index (Phi) is 4.19. The molecule has 0 bridgehead atoms. The lowest BCUT2D eigenvalue weighted by Crippen LogP contribution is -1.99. The quantitative estimate of drug-likeness (QED) is 0.281. The monoisotopic (exact) mass is 417 g/mol. The van der Waals surface area contributed by atoms with Crippen LogP contribution in [0.15, 0.2) is 83.3 Å². The minimum Gasteiger partial charge on any atom is -0.456 e. The van der Waals surface area contributed by atoms with Crippen molar-refractivity contribution >= 4 is 43.7 Å². The van der Waals surface area contributed by atoms with E-state index in [1.807, 2.05) is 6.07 Å². The molecule has 0 aliphatic rings. The van der Waals surface area contributed by atoms with Gasteiger partial charge in [-0.3, -0.25) is 0 Å². The van der Waals surface area contributed by atoms with Crippen molar-refractivity contribution in [2.75, 3.05) is 0 Å². The molecule has 0 atom stereocenters. The molecule has 6 rings (SSSR count). The second-order valence-electron chi connectivity index (χ2n) is 9.41. The number of hydrogen-bond acceptors (Lipinski definition) is 1. The highest BCUT2D eigenvalue weighted by Gasteiger charge is 2.17. The van der Waals surface area contributed by atoms with Crippen molar-refractivity contribution < 1.29 is 4.42 Å². The molecule has 0 saturated heterocycles. The summed E-state index contributed by atoms with van der Waals surface area (Å²) in [7, 11) is 0. The van der Waals surface area contributed by atoms with Crippen LogP contribution in [-0.4, -0.2) is 4.57 Å². The molecule has 158 valence electrons. The first-order valence-corrected chi connectivity index (χ1v) is 11.5. The Balaban J connectivity index is 1.66. The fourth-order valence-electron chi connectivity index (χ4n) is 5.19. The van der Waals surface area contributed by atoms with Crippen LogP contribution in [0.3, 0.4) is 0 Å². The molecule has 0 amide bonds. The Morgan fingerprint density at radius 3 is 2.09 bits per heavy atom. The summed E-state index contributed by atoms with van der Waals surface area (Å²) in [5.74, 6) is 0.379. The zero-order valence-corrected chi connectivity index (χ0v) is 19.0. The Bertz CT molecular complexity index is 1630. The topological polar surface area (TPSA) is 18.1 Å². The Labute approximate surface area is 188 Å². The molecule has 2 nitrogen and oxygen atoms in total. The van der Waals surface area contributed by atoms with E-state index in [0.29, 0.717) is 12.0 Å². The largest absolute Gasteiger partial charge is 0.456 e. The van der Waals surface area contributed by atoms with Crippen molar-refractivity contribution in [2.24, 2.45) is 0 Å². The molecule has 2 heteroatoms. The van der Waals surface area contributed by atoms with E-state index in [4.69, 9.17) is 4.42 Å². The highest BCUT2D eigenvalue weighted by atomic mass is 16.3. The van der Waals surface area contributed by atoms with Gasteiger partial charge >= 0.3 is 0 Å². The van der Waals surface area contributed by atoms with Crippen LogP contribution in [-0.2, 0) is 0 Å². The van der Waals surface area contributed by atoms with Gasteiger partial charge in [0, 0.05) is 38.6 Å². The fraction of sp³-hybridized carbons (Fsp3) is 0.200. The molecule has 0 N–H and O–H groups in total. The van der Waals surface area contributed by atoms with Gasteiger partial charge in [-0.15, -0.1) is 0 Å². The lowest BCUT2D eigenvalue weighted by atomic mass is 9.93. The van der Waals surface area contributed by atoms with Crippen LogP contribution in [0.5, 0.6) is 0 Å². The van der Waals surface area contributed by atoms with Crippen LogP contribution in [0.25, 0.3) is 54.9 Å². The minimum atomic E-state index is 0.379. The van der Waals surface area contributed by atoms with E-state index in [2.05, 4.69) is 105 Å². The van der Waals surface area contributed by atoms with Gasteiger partial charge in [0.25, 0.3) is 0 Å². The smallest absolute Gasteiger partial charge is 0.138 e. The summed E-state index contributed by atoms with van der Waals surface area (Å²) in [5, 5.41) is 5.02. The number of aromatic nitrogens is 1. The maximum atomic E-state index is 6.29. The van der Waals surface area contributed by atoms with E-state index < -0.39 is 0 Å². The van der Waals surface area contributed by atoms with E-state index in [0.717, 1.165) is 11.2 Å². The zero-order valence-electron chi connectivity index (χ0n) is 19.0. The first kappa shape index (κ1) is 19.2. The molecule has 2 aromatic heterocycles. The second-order valence-corrected chi connectivity index (χ2v) is 9.41. The summed E-state index contributed by atoms with van der Waals surface area (Å²) in [6, 6.07) is 29.0. The van der Waals surface area contributed by atoms with E-state index >= 15 is 0 Å². The number of rotatable bonds is 3. The highest BCUT2D eigenvalue weighted by Crippen LogP contribution is 2.39. The minimum absolute atomic E-state index is 0.379. The molecule has 0 radical (unpaired) electrons. The molecule has 6 aromatic rings. The summed E-state index contributed by atoms with van der Waals surface area (Å²) in [6.07, 6.45) is 0. The molecule has 32 heavy (non-hydrogen) atoms. The molecule has 0 aliphatic heterocycles. The van der Waals surface area contributed by atoms with Gasteiger partial charge in [0.2, 0.25) is 0 Å². The SMILES string of the molecule is CC(C)c1cc(-c2ccc3c(c2)c2ccccc2n3C(C)C)cc2c1oc1ccccc12. The summed E-state index contributed by atoms with van der Waals surface area (Å²) in [4.78, 5) is 0. The number of benzene rings is 4. The van der Waals surface area contributed by atoms with Crippen molar-refractivity contribution in [3.8, 4) is 11.1 Å². The number of hydrogen-bond donors (Lipinski definition) is 0. The Morgan fingerprint density at radius 1 is 0.625 bits per heavy atom. The van der Waals surface area contributed by atoms with E-state index in [-0.39, 0.29) is 0 Å². The maximum absolute atomic E-state index is 6.29. The lowest BCUT2D eigenvalue weighted by molar-refractivity contribution is 0.642. The average molecular weight is 418 g/mol. The molecule has 0 unspecified atom stereocenters. The van der Waals surface area contributed by atoms with Crippen molar-refractivity contribution in [1.29, 1.82) is 0 Å². The molecular formula is C30H27NO. The molecular weight excluding hydrogens is 390 g/mol. The Hall–Kier alpha value is -3.52. The Morgan fingerprint density at radius 2 is 1.31 bits per heavy atom. The molecule has 2 heterocycles. The number of furan rings is 1. The summed E-state index contributed by atoms with van der Waals surface area (Å²) < 4.78 is 8.74. The van der Waals surface area contributed by atoms with Gasteiger partial charge in [0.1, 0.15) is 11.2 Å². The van der Waals surface area contributed by atoms with Gasteiger partial charge < -0.3 is 8.98 Å². The highest BCUT2D eigenvalue weighted by molar-refractivity contribution is 6.11. The summed E-state index contributed by atoms with van der Waals surface area (Å²) in [6.45, 7) is 9.00. The maximum Gasteiger partial charge on any atom is 0.138 e. The second kappa shape index (κ2) is 7.00. The van der Waals surface area contributed by atoms with Crippen LogP contribution in [0, 0.1) is 0 Å². The van der Waals surface area contributed by atoms with Gasteiger partial charge in [-0.05, 0) is 72.9 Å². The average Bonchev–Trinajstić information content (AvgIpc) is 3.33. The molecule has 0 aliphatic carbocycles. The van der Waals surface area contributed by atoms with Crippen LogP contribution in [0.1, 0.15) is 45.2 Å². The van der Waals surface area contributed by atoms with E-state index in [1.165, 1.54) is 49.3 Å². The summed E-state index contributed by atoms with van der Waals surface area (Å²) in [5.41, 5.74) is 8.32. The first-order chi connectivity index (χ1) is 15.5. The third-order valence-corrected chi connectivity index (χ3v) is 6.69. The zero-order chi connectivity index (χ0) is 22.0.